The SMILES string of the molecule is CC.CCC(C)N(C)CCC(C)(C)CCC(C)C. The van der Waals surface area contributed by atoms with Gasteiger partial charge in [0.25, 0.3) is 0 Å². The van der Waals surface area contributed by atoms with Crippen molar-refractivity contribution in [2.45, 2.75) is 87.1 Å². The molecule has 0 amide bonds. The summed E-state index contributed by atoms with van der Waals surface area (Å²) in [6.45, 7) is 19.3. The summed E-state index contributed by atoms with van der Waals surface area (Å²) in [5.74, 6) is 0.839. The Bertz CT molecular complexity index is 172. The lowest BCUT2D eigenvalue weighted by Crippen LogP contribution is -2.32. The molecule has 0 aromatic heterocycles. The van der Waals surface area contributed by atoms with E-state index in [1.54, 1.807) is 0 Å². The van der Waals surface area contributed by atoms with Crippen molar-refractivity contribution in [2.24, 2.45) is 11.3 Å². The van der Waals surface area contributed by atoms with Crippen LogP contribution in [0, 0.1) is 11.3 Å². The van der Waals surface area contributed by atoms with E-state index in [-0.39, 0.29) is 0 Å². The van der Waals surface area contributed by atoms with E-state index in [0.717, 1.165) is 12.0 Å². The molecular formula is C17H39N. The van der Waals surface area contributed by atoms with Crippen LogP contribution in [0.1, 0.15) is 81.1 Å². The molecular weight excluding hydrogens is 218 g/mol. The summed E-state index contributed by atoms with van der Waals surface area (Å²) in [6.07, 6.45) is 5.29. The summed E-state index contributed by atoms with van der Waals surface area (Å²) in [5, 5.41) is 0. The maximum Gasteiger partial charge on any atom is 0.00612 e. The Hall–Kier alpha value is -0.0400. The molecule has 1 nitrogen and oxygen atoms in total. The Morgan fingerprint density at radius 1 is 1.00 bits per heavy atom. The van der Waals surface area contributed by atoms with Crippen molar-refractivity contribution < 1.29 is 0 Å². The monoisotopic (exact) mass is 257 g/mol. The van der Waals surface area contributed by atoms with E-state index < -0.39 is 0 Å². The van der Waals surface area contributed by atoms with Crippen LogP contribution in [0.25, 0.3) is 0 Å². The normalized spacial score (nSPS) is 13.5. The first-order chi connectivity index (χ1) is 8.28. The highest BCUT2D eigenvalue weighted by atomic mass is 15.1. The predicted molar refractivity (Wildman–Crippen MR) is 86.2 cm³/mol. The fraction of sp³-hybridized carbons (Fsp3) is 1.00. The van der Waals surface area contributed by atoms with Gasteiger partial charge in [0.15, 0.2) is 0 Å². The number of hydrogen-bond donors (Lipinski definition) is 0. The minimum Gasteiger partial charge on any atom is -0.304 e. The molecule has 112 valence electrons. The Morgan fingerprint density at radius 3 is 1.89 bits per heavy atom. The van der Waals surface area contributed by atoms with Crippen LogP contribution in [0.4, 0.5) is 0 Å². The fourth-order valence-electron chi connectivity index (χ4n) is 1.82. The molecule has 0 heterocycles. The molecule has 0 rings (SSSR count). The Labute approximate surface area is 117 Å². The summed E-state index contributed by atoms with van der Waals surface area (Å²) in [5.41, 5.74) is 0.506. The van der Waals surface area contributed by atoms with Gasteiger partial charge < -0.3 is 4.90 Å². The van der Waals surface area contributed by atoms with Crippen molar-refractivity contribution >= 4 is 0 Å². The lowest BCUT2D eigenvalue weighted by atomic mass is 9.82. The van der Waals surface area contributed by atoms with Gasteiger partial charge in [-0.1, -0.05) is 54.9 Å². The highest BCUT2D eigenvalue weighted by molar-refractivity contribution is 4.72. The molecule has 0 aliphatic carbocycles. The Kier molecular flexibility index (Phi) is 12.2. The lowest BCUT2D eigenvalue weighted by Gasteiger charge is -2.30. The molecule has 1 heteroatoms. The maximum atomic E-state index is 2.50. The molecule has 18 heavy (non-hydrogen) atoms. The van der Waals surface area contributed by atoms with Crippen LogP contribution in [-0.4, -0.2) is 24.5 Å². The molecule has 1 unspecified atom stereocenters. The third-order valence-electron chi connectivity index (χ3n) is 3.88. The van der Waals surface area contributed by atoms with Crippen LogP contribution in [0.5, 0.6) is 0 Å². The van der Waals surface area contributed by atoms with Crippen molar-refractivity contribution in [3.8, 4) is 0 Å². The lowest BCUT2D eigenvalue weighted by molar-refractivity contribution is 0.191. The first-order valence-corrected chi connectivity index (χ1v) is 7.98. The van der Waals surface area contributed by atoms with E-state index in [1.807, 2.05) is 13.8 Å². The molecule has 0 saturated heterocycles. The molecule has 0 N–H and O–H groups in total. The fourth-order valence-corrected chi connectivity index (χ4v) is 1.82. The summed E-state index contributed by atoms with van der Waals surface area (Å²) in [7, 11) is 2.26. The van der Waals surface area contributed by atoms with Crippen molar-refractivity contribution in [3.63, 3.8) is 0 Å². The minimum atomic E-state index is 0.506. The van der Waals surface area contributed by atoms with Crippen molar-refractivity contribution in [2.75, 3.05) is 13.6 Å². The number of rotatable bonds is 8. The summed E-state index contributed by atoms with van der Waals surface area (Å²) in [4.78, 5) is 2.50. The third-order valence-corrected chi connectivity index (χ3v) is 3.88. The van der Waals surface area contributed by atoms with Crippen LogP contribution < -0.4 is 0 Å². The highest BCUT2D eigenvalue weighted by Gasteiger charge is 2.19. The van der Waals surface area contributed by atoms with Gasteiger partial charge in [-0.05, 0) is 51.1 Å². The average molecular weight is 258 g/mol. The first kappa shape index (κ1) is 20.3. The summed E-state index contributed by atoms with van der Waals surface area (Å²) < 4.78 is 0. The van der Waals surface area contributed by atoms with E-state index in [1.165, 1.54) is 32.2 Å². The molecule has 0 aliphatic heterocycles. The molecule has 0 aromatic carbocycles. The zero-order valence-corrected chi connectivity index (χ0v) is 14.6. The first-order valence-electron chi connectivity index (χ1n) is 7.98. The van der Waals surface area contributed by atoms with E-state index >= 15 is 0 Å². The number of hydrogen-bond acceptors (Lipinski definition) is 1. The maximum absolute atomic E-state index is 2.50. The van der Waals surface area contributed by atoms with Crippen LogP contribution >= 0.6 is 0 Å². The summed E-state index contributed by atoms with van der Waals surface area (Å²) >= 11 is 0. The van der Waals surface area contributed by atoms with Crippen molar-refractivity contribution in [1.82, 2.24) is 4.90 Å². The predicted octanol–water partition coefficient (Wildman–Crippen LogP) is 5.60. The molecule has 0 aromatic rings. The van der Waals surface area contributed by atoms with Gasteiger partial charge in [-0.3, -0.25) is 0 Å². The van der Waals surface area contributed by atoms with Crippen LogP contribution in [0.3, 0.4) is 0 Å². The zero-order valence-electron chi connectivity index (χ0n) is 14.6. The second kappa shape index (κ2) is 10.8. The van der Waals surface area contributed by atoms with E-state index in [0.29, 0.717) is 5.41 Å². The Morgan fingerprint density at radius 2 is 1.50 bits per heavy atom. The molecule has 1 atom stereocenters. The van der Waals surface area contributed by atoms with Gasteiger partial charge in [0.2, 0.25) is 0 Å². The molecule has 0 saturated carbocycles. The van der Waals surface area contributed by atoms with Gasteiger partial charge >= 0.3 is 0 Å². The van der Waals surface area contributed by atoms with E-state index in [9.17, 15) is 0 Å². The molecule has 0 radical (unpaired) electrons. The second-order valence-corrected chi connectivity index (χ2v) is 6.58. The Balaban J connectivity index is 0. The minimum absolute atomic E-state index is 0.506. The quantitative estimate of drug-likeness (QED) is 0.547. The summed E-state index contributed by atoms with van der Waals surface area (Å²) in [6, 6.07) is 0.723. The largest absolute Gasteiger partial charge is 0.304 e. The van der Waals surface area contributed by atoms with Crippen molar-refractivity contribution in [3.05, 3.63) is 0 Å². The standard InChI is InChI=1S/C15H33N.C2H6/c1-8-14(4)16(7)12-11-15(5,6)10-9-13(2)3;1-2/h13-14H,8-12H2,1-7H3;1-2H3. The van der Waals surface area contributed by atoms with Crippen LogP contribution in [0.15, 0.2) is 0 Å². The topological polar surface area (TPSA) is 3.24 Å². The second-order valence-electron chi connectivity index (χ2n) is 6.58. The average Bonchev–Trinajstić information content (AvgIpc) is 2.35. The molecule has 0 bridgehead atoms. The number of nitrogens with zero attached hydrogens (tertiary/aromatic N) is 1. The van der Waals surface area contributed by atoms with Crippen LogP contribution in [-0.2, 0) is 0 Å². The zero-order chi connectivity index (χ0) is 14.8. The molecule has 0 fully saturated rings. The van der Waals surface area contributed by atoms with E-state index in [4.69, 9.17) is 0 Å². The van der Waals surface area contributed by atoms with E-state index in [2.05, 4.69) is 53.5 Å². The van der Waals surface area contributed by atoms with Crippen LogP contribution in [0.2, 0.25) is 0 Å². The molecule has 0 spiro atoms. The highest BCUT2D eigenvalue weighted by Crippen LogP contribution is 2.28. The van der Waals surface area contributed by atoms with Gasteiger partial charge in [0.05, 0.1) is 0 Å². The smallest absolute Gasteiger partial charge is 0.00612 e. The third kappa shape index (κ3) is 11.1. The van der Waals surface area contributed by atoms with Crippen molar-refractivity contribution in [1.29, 1.82) is 0 Å². The molecule has 0 aliphatic rings. The van der Waals surface area contributed by atoms with Gasteiger partial charge in [-0.15, -0.1) is 0 Å². The van der Waals surface area contributed by atoms with Gasteiger partial charge in [0.1, 0.15) is 0 Å². The van der Waals surface area contributed by atoms with Gasteiger partial charge in [0, 0.05) is 6.04 Å². The van der Waals surface area contributed by atoms with Gasteiger partial charge in [-0.2, -0.15) is 0 Å². The van der Waals surface area contributed by atoms with Gasteiger partial charge in [-0.25, -0.2) is 0 Å².